The average molecular weight is 417 g/mol. The molecular formula is C19H17ClN4O5. The van der Waals surface area contributed by atoms with E-state index in [1.807, 2.05) is 0 Å². The lowest BCUT2D eigenvalue weighted by atomic mass is 10.1. The van der Waals surface area contributed by atoms with Gasteiger partial charge in [-0.3, -0.25) is 0 Å². The van der Waals surface area contributed by atoms with E-state index >= 15 is 0 Å². The van der Waals surface area contributed by atoms with Gasteiger partial charge in [-0.25, -0.2) is 14.6 Å². The second-order valence-corrected chi connectivity index (χ2v) is 6.00. The Hall–Kier alpha value is -3.46. The molecule has 0 saturated heterocycles. The molecule has 0 amide bonds. The maximum Gasteiger partial charge on any atom is 0.361 e. The maximum absolute atomic E-state index is 12.0. The van der Waals surface area contributed by atoms with Gasteiger partial charge in [0.2, 0.25) is 5.88 Å². The zero-order valence-electron chi connectivity index (χ0n) is 15.6. The molecule has 0 fully saturated rings. The van der Waals surface area contributed by atoms with Crippen LogP contribution in [0.3, 0.4) is 0 Å². The second-order valence-electron chi connectivity index (χ2n) is 5.59. The highest BCUT2D eigenvalue weighted by Crippen LogP contribution is 2.33. The van der Waals surface area contributed by atoms with Gasteiger partial charge in [-0.15, -0.1) is 5.10 Å². The van der Waals surface area contributed by atoms with Crippen LogP contribution >= 0.6 is 11.6 Å². The summed E-state index contributed by atoms with van der Waals surface area (Å²) in [4.78, 5) is 27.9. The van der Waals surface area contributed by atoms with Gasteiger partial charge in [0.15, 0.2) is 5.69 Å². The number of nitrogens with one attached hydrogen (secondary N) is 1. The number of hydrogen-bond acceptors (Lipinski definition) is 8. The molecule has 0 atom stereocenters. The number of ether oxygens (including phenoxy) is 3. The molecule has 0 aliphatic heterocycles. The quantitative estimate of drug-likeness (QED) is 0.580. The van der Waals surface area contributed by atoms with Gasteiger partial charge in [0.1, 0.15) is 11.4 Å². The van der Waals surface area contributed by atoms with Crippen molar-refractivity contribution in [3.63, 3.8) is 0 Å². The highest BCUT2D eigenvalue weighted by atomic mass is 35.5. The number of benzene rings is 1. The summed E-state index contributed by atoms with van der Waals surface area (Å²) in [6, 6.07) is 7.82. The van der Waals surface area contributed by atoms with E-state index in [1.165, 1.54) is 18.3 Å². The van der Waals surface area contributed by atoms with E-state index in [9.17, 15) is 9.59 Å². The summed E-state index contributed by atoms with van der Waals surface area (Å²) >= 11 is 6.32. The Morgan fingerprint density at radius 3 is 2.52 bits per heavy atom. The van der Waals surface area contributed by atoms with Crippen LogP contribution in [0.1, 0.15) is 34.7 Å². The van der Waals surface area contributed by atoms with Crippen molar-refractivity contribution in [1.29, 1.82) is 0 Å². The topological polar surface area (TPSA) is 116 Å². The molecule has 0 unspecified atom stereocenters. The zero-order chi connectivity index (χ0) is 20.8. The average Bonchev–Trinajstić information content (AvgIpc) is 3.20. The first kappa shape index (κ1) is 20.3. The predicted molar refractivity (Wildman–Crippen MR) is 103 cm³/mol. The van der Waals surface area contributed by atoms with Crippen LogP contribution < -0.4 is 4.74 Å². The van der Waals surface area contributed by atoms with Crippen LogP contribution in [-0.4, -0.2) is 45.5 Å². The minimum Gasteiger partial charge on any atom is -0.462 e. The van der Waals surface area contributed by atoms with E-state index in [-0.39, 0.29) is 29.8 Å². The van der Waals surface area contributed by atoms with Crippen LogP contribution in [0.5, 0.6) is 11.6 Å². The van der Waals surface area contributed by atoms with E-state index < -0.39 is 11.9 Å². The number of aromatic nitrogens is 4. The van der Waals surface area contributed by atoms with Crippen molar-refractivity contribution < 1.29 is 23.8 Å². The summed E-state index contributed by atoms with van der Waals surface area (Å²) in [5.41, 5.74) is 1.22. The molecule has 0 bridgehead atoms. The fourth-order valence-electron chi connectivity index (χ4n) is 2.42. The summed E-state index contributed by atoms with van der Waals surface area (Å²) in [6.45, 7) is 3.91. The molecule has 29 heavy (non-hydrogen) atoms. The molecule has 2 aromatic heterocycles. The van der Waals surface area contributed by atoms with Crippen molar-refractivity contribution in [2.24, 2.45) is 0 Å². The Morgan fingerprint density at radius 2 is 1.79 bits per heavy atom. The highest BCUT2D eigenvalue weighted by molar-refractivity contribution is 6.32. The summed E-state index contributed by atoms with van der Waals surface area (Å²) < 4.78 is 15.6. The van der Waals surface area contributed by atoms with Crippen LogP contribution in [-0.2, 0) is 9.47 Å². The number of nitrogens with zero attached hydrogens (tertiary/aromatic N) is 3. The minimum atomic E-state index is -0.590. The fourth-order valence-corrected chi connectivity index (χ4v) is 2.64. The molecule has 0 saturated carbocycles. The third kappa shape index (κ3) is 4.69. The Morgan fingerprint density at radius 1 is 1.03 bits per heavy atom. The molecule has 3 aromatic rings. The lowest BCUT2D eigenvalue weighted by Gasteiger charge is -2.09. The van der Waals surface area contributed by atoms with Gasteiger partial charge in [0, 0.05) is 17.8 Å². The Kier molecular flexibility index (Phi) is 6.40. The van der Waals surface area contributed by atoms with Crippen molar-refractivity contribution >= 4 is 23.5 Å². The van der Waals surface area contributed by atoms with Crippen molar-refractivity contribution in [2.45, 2.75) is 13.8 Å². The number of halogens is 1. The van der Waals surface area contributed by atoms with E-state index in [4.69, 9.17) is 25.8 Å². The van der Waals surface area contributed by atoms with Crippen LogP contribution in [0.15, 0.2) is 36.5 Å². The van der Waals surface area contributed by atoms with Gasteiger partial charge in [0.05, 0.1) is 23.8 Å². The van der Waals surface area contributed by atoms with Crippen molar-refractivity contribution in [3.8, 4) is 22.9 Å². The first-order valence-electron chi connectivity index (χ1n) is 8.72. The van der Waals surface area contributed by atoms with E-state index in [0.29, 0.717) is 22.6 Å². The highest BCUT2D eigenvalue weighted by Gasteiger charge is 2.20. The molecule has 150 valence electrons. The third-order valence-electron chi connectivity index (χ3n) is 3.68. The van der Waals surface area contributed by atoms with Gasteiger partial charge < -0.3 is 14.2 Å². The normalized spacial score (nSPS) is 10.4. The molecule has 0 aliphatic carbocycles. The van der Waals surface area contributed by atoms with Gasteiger partial charge in [0.25, 0.3) is 0 Å². The lowest BCUT2D eigenvalue weighted by Crippen LogP contribution is -2.06. The molecule has 1 N–H and O–H groups in total. The fraction of sp³-hybridized carbons (Fsp3) is 0.211. The summed E-state index contributed by atoms with van der Waals surface area (Å²) in [5.74, 6) is -0.574. The van der Waals surface area contributed by atoms with Gasteiger partial charge in [-0.1, -0.05) is 11.6 Å². The number of pyridine rings is 1. The predicted octanol–water partition coefficient (Wildman–Crippen LogP) is 3.67. The molecule has 9 nitrogen and oxygen atoms in total. The van der Waals surface area contributed by atoms with Crippen molar-refractivity contribution in [2.75, 3.05) is 13.2 Å². The van der Waals surface area contributed by atoms with E-state index in [0.717, 1.165) is 0 Å². The van der Waals surface area contributed by atoms with Gasteiger partial charge >= 0.3 is 11.9 Å². The third-order valence-corrected chi connectivity index (χ3v) is 3.98. The summed E-state index contributed by atoms with van der Waals surface area (Å²) in [7, 11) is 0. The largest absolute Gasteiger partial charge is 0.462 e. The molecule has 0 spiro atoms. The minimum absolute atomic E-state index is 0.0559. The number of carbonyl (C=O) groups excluding carboxylic acids is 2. The lowest BCUT2D eigenvalue weighted by molar-refractivity contribution is 0.0513. The van der Waals surface area contributed by atoms with Crippen LogP contribution in [0, 0.1) is 0 Å². The number of rotatable bonds is 7. The summed E-state index contributed by atoms with van der Waals surface area (Å²) in [5, 5.41) is 10.5. The molecule has 3 rings (SSSR count). The molecule has 0 aliphatic rings. The molecular weight excluding hydrogens is 400 g/mol. The SMILES string of the molecule is CCOC(=O)c1ccnc(Oc2ccc(-c3n[nH]nc3C(=O)OCC)cc2Cl)c1. The van der Waals surface area contributed by atoms with Gasteiger partial charge in [-0.2, -0.15) is 10.3 Å². The summed E-state index contributed by atoms with van der Waals surface area (Å²) in [6.07, 6.45) is 1.44. The monoisotopic (exact) mass is 416 g/mol. The number of aromatic amines is 1. The van der Waals surface area contributed by atoms with Crippen LogP contribution in [0.25, 0.3) is 11.3 Å². The number of esters is 2. The van der Waals surface area contributed by atoms with E-state index in [1.54, 1.807) is 32.0 Å². The molecule has 2 heterocycles. The maximum atomic E-state index is 12.0. The van der Waals surface area contributed by atoms with Crippen molar-refractivity contribution in [3.05, 3.63) is 52.8 Å². The number of H-pyrrole nitrogens is 1. The number of hydrogen-bond donors (Lipinski definition) is 1. The van der Waals surface area contributed by atoms with Crippen LogP contribution in [0.4, 0.5) is 0 Å². The smallest absolute Gasteiger partial charge is 0.361 e. The molecule has 10 heteroatoms. The molecule has 0 radical (unpaired) electrons. The van der Waals surface area contributed by atoms with Crippen molar-refractivity contribution in [1.82, 2.24) is 20.4 Å². The number of carbonyl (C=O) groups is 2. The first-order chi connectivity index (χ1) is 14.0. The Labute approximate surface area is 171 Å². The van der Waals surface area contributed by atoms with Crippen LogP contribution in [0.2, 0.25) is 5.02 Å². The zero-order valence-corrected chi connectivity index (χ0v) is 16.4. The Bertz CT molecular complexity index is 1040. The van der Waals surface area contributed by atoms with E-state index in [2.05, 4.69) is 20.4 Å². The first-order valence-corrected chi connectivity index (χ1v) is 9.10. The van der Waals surface area contributed by atoms with Gasteiger partial charge in [-0.05, 0) is 38.1 Å². The second kappa shape index (κ2) is 9.16. The Balaban J connectivity index is 1.83. The molecule has 1 aromatic carbocycles. The standard InChI is InChI=1S/C19H17ClN4O5/c1-3-27-18(25)12-7-8-21-15(10-12)29-14-6-5-11(9-13(14)20)16-17(23-24-22-16)19(26)28-4-2/h5-10H,3-4H2,1-2H3,(H,22,23,24).